The van der Waals surface area contributed by atoms with Crippen LogP contribution in [-0.4, -0.2) is 30.8 Å². The minimum Gasteiger partial charge on any atom is -0.486 e. The molecule has 0 radical (unpaired) electrons. The number of nitrogens with one attached hydrogen (secondary N) is 1. The minimum atomic E-state index is -0.763. The number of ether oxygens (including phenoxy) is 2. The van der Waals surface area contributed by atoms with E-state index in [9.17, 15) is 9.90 Å². The third-order valence-corrected chi connectivity index (χ3v) is 3.76. The van der Waals surface area contributed by atoms with Crippen LogP contribution in [0.2, 0.25) is 5.02 Å². The van der Waals surface area contributed by atoms with Gasteiger partial charge in [0.25, 0.3) is 0 Å². The van der Waals surface area contributed by atoms with Gasteiger partial charge in [0.05, 0.1) is 10.9 Å². The maximum Gasteiger partial charge on any atom is 0.307 e. The molecule has 5 nitrogen and oxygen atoms in total. The average Bonchev–Trinajstić information content (AvgIpc) is 2.46. The molecule has 1 aromatic rings. The summed E-state index contributed by atoms with van der Waals surface area (Å²) in [4.78, 5) is 11.2. The summed E-state index contributed by atoms with van der Waals surface area (Å²) in [5.41, 5.74) is 0.947. The highest BCUT2D eigenvalue weighted by atomic mass is 35.5. The van der Waals surface area contributed by atoms with Gasteiger partial charge in [-0.15, -0.1) is 0 Å². The molecule has 6 heteroatoms. The van der Waals surface area contributed by atoms with Gasteiger partial charge in [0.2, 0.25) is 0 Å². The topological polar surface area (TPSA) is 67.8 Å². The quantitative estimate of drug-likeness (QED) is 0.806. The lowest BCUT2D eigenvalue weighted by Gasteiger charge is -2.20. The van der Waals surface area contributed by atoms with Crippen molar-refractivity contribution in [3.63, 3.8) is 0 Å². The van der Waals surface area contributed by atoms with E-state index in [4.69, 9.17) is 21.1 Å². The molecule has 122 valence electrons. The largest absolute Gasteiger partial charge is 0.486 e. The van der Waals surface area contributed by atoms with Gasteiger partial charge in [-0.05, 0) is 30.0 Å². The Kier molecular flexibility index (Phi) is 5.91. The van der Waals surface area contributed by atoms with Gasteiger partial charge in [-0.25, -0.2) is 0 Å². The lowest BCUT2D eigenvalue weighted by molar-refractivity contribution is -0.142. The molecule has 1 aliphatic heterocycles. The monoisotopic (exact) mass is 327 g/mol. The Hall–Kier alpha value is -1.46. The highest BCUT2D eigenvalue weighted by Gasteiger charge is 2.19. The zero-order valence-electron chi connectivity index (χ0n) is 12.9. The van der Waals surface area contributed by atoms with Crippen LogP contribution < -0.4 is 14.8 Å². The molecule has 0 aromatic heterocycles. The molecule has 0 amide bonds. The van der Waals surface area contributed by atoms with E-state index in [1.165, 1.54) is 0 Å². The van der Waals surface area contributed by atoms with Gasteiger partial charge in [0, 0.05) is 13.1 Å². The van der Waals surface area contributed by atoms with Gasteiger partial charge in [-0.3, -0.25) is 4.79 Å². The van der Waals surface area contributed by atoms with Crippen molar-refractivity contribution in [2.45, 2.75) is 26.8 Å². The molecule has 0 bridgehead atoms. The smallest absolute Gasteiger partial charge is 0.307 e. The van der Waals surface area contributed by atoms with E-state index in [1.54, 1.807) is 0 Å². The number of hydrogen-bond acceptors (Lipinski definition) is 4. The van der Waals surface area contributed by atoms with E-state index in [-0.39, 0.29) is 5.92 Å². The van der Waals surface area contributed by atoms with E-state index in [0.717, 1.165) is 5.56 Å². The molecule has 1 atom stereocenters. The second-order valence-corrected chi connectivity index (χ2v) is 6.30. The Morgan fingerprint density at radius 2 is 2.09 bits per heavy atom. The van der Waals surface area contributed by atoms with E-state index < -0.39 is 5.97 Å². The maximum absolute atomic E-state index is 11.2. The zero-order valence-corrected chi connectivity index (χ0v) is 13.7. The number of carbonyl (C=O) groups is 1. The second-order valence-electron chi connectivity index (χ2n) is 5.90. The molecule has 0 fully saturated rings. The average molecular weight is 328 g/mol. The zero-order chi connectivity index (χ0) is 16.1. The van der Waals surface area contributed by atoms with Gasteiger partial charge in [0.1, 0.15) is 13.2 Å². The number of carboxylic acid groups (broad SMARTS) is 1. The summed E-state index contributed by atoms with van der Waals surface area (Å²) in [6, 6.07) is 3.70. The summed E-state index contributed by atoms with van der Waals surface area (Å²) >= 11 is 6.18. The Labute approximate surface area is 135 Å². The molecule has 1 aromatic carbocycles. The van der Waals surface area contributed by atoms with Crippen LogP contribution >= 0.6 is 11.6 Å². The van der Waals surface area contributed by atoms with Crippen LogP contribution in [0.3, 0.4) is 0 Å². The molecule has 0 spiro atoms. The van der Waals surface area contributed by atoms with Crippen molar-refractivity contribution in [2.75, 3.05) is 19.8 Å². The summed E-state index contributed by atoms with van der Waals surface area (Å²) in [6.45, 7) is 6.03. The minimum absolute atomic E-state index is 0.353. The number of benzene rings is 1. The summed E-state index contributed by atoms with van der Waals surface area (Å²) in [6.07, 6.45) is 0.657. The molecule has 0 saturated carbocycles. The lowest BCUT2D eigenvalue weighted by Crippen LogP contribution is -2.29. The first-order chi connectivity index (χ1) is 10.5. The number of hydrogen-bond donors (Lipinski definition) is 2. The molecular formula is C16H22ClNO4. The Bertz CT molecular complexity index is 533. The van der Waals surface area contributed by atoms with Crippen molar-refractivity contribution >= 4 is 17.6 Å². The molecule has 2 N–H and O–H groups in total. The Balaban J connectivity index is 1.94. The van der Waals surface area contributed by atoms with Gasteiger partial charge in [0.15, 0.2) is 11.5 Å². The van der Waals surface area contributed by atoms with Crippen LogP contribution in [-0.2, 0) is 11.3 Å². The predicted octanol–water partition coefficient (Wildman–Crippen LogP) is 2.95. The Morgan fingerprint density at radius 1 is 1.36 bits per heavy atom. The summed E-state index contributed by atoms with van der Waals surface area (Å²) in [7, 11) is 0. The Morgan fingerprint density at radius 3 is 2.77 bits per heavy atom. The van der Waals surface area contributed by atoms with Gasteiger partial charge in [-0.2, -0.15) is 0 Å². The number of fused-ring (bicyclic) bond motifs is 1. The van der Waals surface area contributed by atoms with Gasteiger partial charge < -0.3 is 19.9 Å². The molecule has 1 unspecified atom stereocenters. The standard InChI is InChI=1S/C16H22ClNO4/c1-10(2)5-12(16(19)20)9-18-8-11-6-13(17)15-14(7-11)21-3-4-22-15/h6-7,10,12,18H,3-5,8-9H2,1-2H3,(H,19,20). The number of halogens is 1. The van der Waals surface area contributed by atoms with Crippen LogP contribution in [0.1, 0.15) is 25.8 Å². The molecule has 1 aliphatic rings. The lowest BCUT2D eigenvalue weighted by atomic mass is 9.97. The van der Waals surface area contributed by atoms with Crippen molar-refractivity contribution in [2.24, 2.45) is 11.8 Å². The third-order valence-electron chi connectivity index (χ3n) is 3.48. The predicted molar refractivity (Wildman–Crippen MR) is 84.7 cm³/mol. The molecule has 1 heterocycles. The van der Waals surface area contributed by atoms with E-state index >= 15 is 0 Å². The number of carboxylic acids is 1. The molecule has 0 aliphatic carbocycles. The normalized spacial score (nSPS) is 14.9. The van der Waals surface area contributed by atoms with Crippen molar-refractivity contribution < 1.29 is 19.4 Å². The maximum atomic E-state index is 11.2. The van der Waals surface area contributed by atoms with Crippen molar-refractivity contribution in [3.05, 3.63) is 22.7 Å². The van der Waals surface area contributed by atoms with E-state index in [1.807, 2.05) is 26.0 Å². The number of rotatable bonds is 7. The number of aliphatic carboxylic acids is 1. The van der Waals surface area contributed by atoms with Crippen LogP contribution in [0.5, 0.6) is 11.5 Å². The second kappa shape index (κ2) is 7.70. The van der Waals surface area contributed by atoms with Crippen LogP contribution in [0, 0.1) is 11.8 Å². The van der Waals surface area contributed by atoms with Gasteiger partial charge in [-0.1, -0.05) is 25.4 Å². The SMILES string of the molecule is CC(C)CC(CNCc1cc(Cl)c2c(c1)OCCO2)C(=O)O. The molecule has 2 rings (SSSR count). The highest BCUT2D eigenvalue weighted by Crippen LogP contribution is 2.38. The summed E-state index contributed by atoms with van der Waals surface area (Å²) in [5.74, 6) is 0.438. The van der Waals surface area contributed by atoms with Crippen molar-refractivity contribution in [1.82, 2.24) is 5.32 Å². The fraction of sp³-hybridized carbons (Fsp3) is 0.562. The summed E-state index contributed by atoms with van der Waals surface area (Å²) in [5, 5.41) is 12.9. The first-order valence-corrected chi connectivity index (χ1v) is 7.86. The molecule has 0 saturated heterocycles. The van der Waals surface area contributed by atoms with Crippen molar-refractivity contribution in [3.8, 4) is 11.5 Å². The van der Waals surface area contributed by atoms with Crippen LogP contribution in [0.4, 0.5) is 0 Å². The third kappa shape index (κ3) is 4.52. The van der Waals surface area contributed by atoms with Crippen LogP contribution in [0.15, 0.2) is 12.1 Å². The fourth-order valence-electron chi connectivity index (χ4n) is 2.50. The first kappa shape index (κ1) is 16.9. The molecule has 22 heavy (non-hydrogen) atoms. The van der Waals surface area contributed by atoms with Gasteiger partial charge >= 0.3 is 5.97 Å². The van der Waals surface area contributed by atoms with Crippen molar-refractivity contribution in [1.29, 1.82) is 0 Å². The van der Waals surface area contributed by atoms with E-state index in [2.05, 4.69) is 5.32 Å². The van der Waals surface area contributed by atoms with Crippen LogP contribution in [0.25, 0.3) is 0 Å². The van der Waals surface area contributed by atoms with E-state index in [0.29, 0.717) is 55.2 Å². The molecular weight excluding hydrogens is 306 g/mol. The first-order valence-electron chi connectivity index (χ1n) is 7.49. The highest BCUT2D eigenvalue weighted by molar-refractivity contribution is 6.32. The summed E-state index contributed by atoms with van der Waals surface area (Å²) < 4.78 is 11.0. The fourth-order valence-corrected chi connectivity index (χ4v) is 2.79.